The maximum absolute atomic E-state index is 12.1. The van der Waals surface area contributed by atoms with E-state index in [-0.39, 0.29) is 5.91 Å². The molecule has 1 aromatic carbocycles. The molecule has 1 amide bonds. The van der Waals surface area contributed by atoms with Gasteiger partial charge in [-0.05, 0) is 24.3 Å². The molecular weight excluding hydrogens is 242 g/mol. The number of fused-ring (bicyclic) bond motifs is 1. The first kappa shape index (κ1) is 11.5. The van der Waals surface area contributed by atoms with Crippen LogP contribution in [0.5, 0.6) is 5.75 Å². The zero-order valence-corrected chi connectivity index (χ0v) is 10.2. The lowest BCUT2D eigenvalue weighted by Crippen LogP contribution is -2.41. The molecule has 1 aromatic heterocycles. The highest BCUT2D eigenvalue weighted by atomic mass is 16.5. The molecule has 1 unspecified atom stereocenters. The van der Waals surface area contributed by atoms with Gasteiger partial charge in [-0.15, -0.1) is 0 Å². The van der Waals surface area contributed by atoms with E-state index in [1.807, 2.05) is 24.3 Å². The van der Waals surface area contributed by atoms with Crippen LogP contribution in [0.4, 0.5) is 11.4 Å². The van der Waals surface area contributed by atoms with Crippen LogP contribution in [0.15, 0.2) is 48.8 Å². The van der Waals surface area contributed by atoms with Crippen LogP contribution < -0.4 is 15.4 Å². The summed E-state index contributed by atoms with van der Waals surface area (Å²) >= 11 is 0. The lowest BCUT2D eigenvalue weighted by atomic mass is 10.2. The van der Waals surface area contributed by atoms with E-state index < -0.39 is 6.10 Å². The van der Waals surface area contributed by atoms with Gasteiger partial charge in [-0.3, -0.25) is 9.78 Å². The number of pyridine rings is 1. The molecule has 3 rings (SSSR count). The minimum absolute atomic E-state index is 0.173. The van der Waals surface area contributed by atoms with Gasteiger partial charge in [-0.2, -0.15) is 0 Å². The van der Waals surface area contributed by atoms with Crippen LogP contribution in [0, 0.1) is 0 Å². The summed E-state index contributed by atoms with van der Waals surface area (Å²) in [6.07, 6.45) is 2.72. The zero-order valence-electron chi connectivity index (χ0n) is 10.2. The predicted octanol–water partition coefficient (Wildman–Crippen LogP) is 1.89. The lowest BCUT2D eigenvalue weighted by molar-refractivity contribution is -0.122. The maximum Gasteiger partial charge on any atom is 0.267 e. The second-order valence-corrected chi connectivity index (χ2v) is 4.21. The fraction of sp³-hybridized carbons (Fsp3) is 0.143. The molecule has 2 aromatic rings. The van der Waals surface area contributed by atoms with Crippen molar-refractivity contribution in [3.8, 4) is 5.75 Å². The third-order valence-electron chi connectivity index (χ3n) is 2.87. The standard InChI is InChI=1S/C14H13N3O2/c18-14(17-10-5-7-15-8-6-10)13-9-16-11-3-1-2-4-12(11)19-13/h1-8,13,16H,9H2,(H,15,17,18). The van der Waals surface area contributed by atoms with Gasteiger partial charge in [0.25, 0.3) is 5.91 Å². The Morgan fingerprint density at radius 2 is 2.05 bits per heavy atom. The third-order valence-corrected chi connectivity index (χ3v) is 2.87. The molecule has 2 heterocycles. The quantitative estimate of drug-likeness (QED) is 0.860. The fourth-order valence-corrected chi connectivity index (χ4v) is 1.92. The monoisotopic (exact) mass is 255 g/mol. The molecule has 0 fully saturated rings. The Morgan fingerprint density at radius 3 is 2.89 bits per heavy atom. The fourth-order valence-electron chi connectivity index (χ4n) is 1.92. The molecule has 0 bridgehead atoms. The molecule has 0 saturated heterocycles. The van der Waals surface area contributed by atoms with Gasteiger partial charge < -0.3 is 15.4 Å². The van der Waals surface area contributed by atoms with Crippen LogP contribution in [0.3, 0.4) is 0 Å². The molecule has 5 heteroatoms. The van der Waals surface area contributed by atoms with Crippen LogP contribution in [0.2, 0.25) is 0 Å². The Labute approximate surface area is 110 Å². The molecule has 5 nitrogen and oxygen atoms in total. The van der Waals surface area contributed by atoms with Gasteiger partial charge in [0.05, 0.1) is 12.2 Å². The Bertz CT molecular complexity index is 586. The normalized spacial score (nSPS) is 16.7. The number of hydrogen-bond acceptors (Lipinski definition) is 4. The molecule has 0 aliphatic carbocycles. The SMILES string of the molecule is O=C(Nc1ccncc1)C1CNc2ccccc2O1. The second-order valence-electron chi connectivity index (χ2n) is 4.21. The van der Waals surface area contributed by atoms with Gasteiger partial charge in [-0.25, -0.2) is 0 Å². The summed E-state index contributed by atoms with van der Waals surface area (Å²) in [5.41, 5.74) is 1.62. The second kappa shape index (κ2) is 4.97. The van der Waals surface area contributed by atoms with Crippen LogP contribution in [-0.2, 0) is 4.79 Å². The number of hydrogen-bond donors (Lipinski definition) is 2. The molecule has 1 aliphatic rings. The first-order valence-electron chi connectivity index (χ1n) is 6.03. The minimum atomic E-state index is -0.539. The molecule has 1 aliphatic heterocycles. The number of anilines is 2. The van der Waals surface area contributed by atoms with Gasteiger partial charge in [0, 0.05) is 18.1 Å². The largest absolute Gasteiger partial charge is 0.477 e. The summed E-state index contributed by atoms with van der Waals surface area (Å²) in [5, 5.41) is 5.98. The van der Waals surface area contributed by atoms with E-state index >= 15 is 0 Å². The van der Waals surface area contributed by atoms with Crippen LogP contribution in [-0.4, -0.2) is 23.5 Å². The molecule has 1 atom stereocenters. The summed E-state index contributed by atoms with van der Waals surface area (Å²) in [6, 6.07) is 11.0. The Morgan fingerprint density at radius 1 is 1.26 bits per heavy atom. The number of carbonyl (C=O) groups excluding carboxylic acids is 1. The predicted molar refractivity (Wildman–Crippen MR) is 72.2 cm³/mol. The van der Waals surface area contributed by atoms with Gasteiger partial charge in [0.15, 0.2) is 6.10 Å². The van der Waals surface area contributed by atoms with E-state index in [1.165, 1.54) is 0 Å². The highest BCUT2D eigenvalue weighted by molar-refractivity contribution is 5.95. The van der Waals surface area contributed by atoms with E-state index in [4.69, 9.17) is 4.74 Å². The van der Waals surface area contributed by atoms with E-state index in [0.717, 1.165) is 5.69 Å². The van der Waals surface area contributed by atoms with Crippen molar-refractivity contribution in [1.82, 2.24) is 4.98 Å². The van der Waals surface area contributed by atoms with E-state index in [9.17, 15) is 4.79 Å². The summed E-state index contributed by atoms with van der Waals surface area (Å²) in [5.74, 6) is 0.525. The number of carbonyl (C=O) groups is 1. The number of benzene rings is 1. The van der Waals surface area contributed by atoms with Crippen molar-refractivity contribution in [1.29, 1.82) is 0 Å². The summed E-state index contributed by atoms with van der Waals surface area (Å²) in [4.78, 5) is 16.0. The van der Waals surface area contributed by atoms with E-state index in [2.05, 4.69) is 15.6 Å². The zero-order chi connectivity index (χ0) is 13.1. The van der Waals surface area contributed by atoms with E-state index in [1.54, 1.807) is 24.5 Å². The molecular formula is C14H13N3O2. The maximum atomic E-state index is 12.1. The molecule has 2 N–H and O–H groups in total. The number of para-hydroxylation sites is 2. The van der Waals surface area contributed by atoms with Crippen molar-refractivity contribution in [3.05, 3.63) is 48.8 Å². The highest BCUT2D eigenvalue weighted by Crippen LogP contribution is 2.28. The van der Waals surface area contributed by atoms with Gasteiger partial charge >= 0.3 is 0 Å². The Hall–Kier alpha value is -2.56. The van der Waals surface area contributed by atoms with E-state index in [0.29, 0.717) is 18.0 Å². The number of aromatic nitrogens is 1. The number of nitrogens with zero attached hydrogens (tertiary/aromatic N) is 1. The summed E-state index contributed by atoms with van der Waals surface area (Å²) < 4.78 is 5.68. The molecule has 0 saturated carbocycles. The first-order chi connectivity index (χ1) is 9.33. The first-order valence-corrected chi connectivity index (χ1v) is 6.03. The number of nitrogens with one attached hydrogen (secondary N) is 2. The highest BCUT2D eigenvalue weighted by Gasteiger charge is 2.25. The molecule has 19 heavy (non-hydrogen) atoms. The lowest BCUT2D eigenvalue weighted by Gasteiger charge is -2.26. The molecule has 96 valence electrons. The summed E-state index contributed by atoms with van der Waals surface area (Å²) in [6.45, 7) is 0.452. The number of amides is 1. The average Bonchev–Trinajstić information content (AvgIpc) is 2.48. The smallest absolute Gasteiger partial charge is 0.267 e. The van der Waals surface area contributed by atoms with Crippen molar-refractivity contribution < 1.29 is 9.53 Å². The van der Waals surface area contributed by atoms with Crippen molar-refractivity contribution in [2.24, 2.45) is 0 Å². The third kappa shape index (κ3) is 2.49. The van der Waals surface area contributed by atoms with Crippen molar-refractivity contribution >= 4 is 17.3 Å². The van der Waals surface area contributed by atoms with Crippen molar-refractivity contribution in [2.75, 3.05) is 17.2 Å². The van der Waals surface area contributed by atoms with Crippen molar-refractivity contribution in [2.45, 2.75) is 6.10 Å². The van der Waals surface area contributed by atoms with Gasteiger partial charge in [0.1, 0.15) is 5.75 Å². The van der Waals surface area contributed by atoms with Gasteiger partial charge in [0.2, 0.25) is 0 Å². The van der Waals surface area contributed by atoms with Crippen molar-refractivity contribution in [3.63, 3.8) is 0 Å². The van der Waals surface area contributed by atoms with Crippen LogP contribution >= 0.6 is 0 Å². The Kier molecular flexibility index (Phi) is 3.02. The average molecular weight is 255 g/mol. The Balaban J connectivity index is 1.70. The number of ether oxygens (including phenoxy) is 1. The van der Waals surface area contributed by atoms with Crippen LogP contribution in [0.25, 0.3) is 0 Å². The molecule has 0 spiro atoms. The van der Waals surface area contributed by atoms with Crippen LogP contribution in [0.1, 0.15) is 0 Å². The minimum Gasteiger partial charge on any atom is -0.477 e. The summed E-state index contributed by atoms with van der Waals surface area (Å²) in [7, 11) is 0. The topological polar surface area (TPSA) is 63.2 Å². The number of rotatable bonds is 2. The molecule has 0 radical (unpaired) electrons. The van der Waals surface area contributed by atoms with Gasteiger partial charge in [-0.1, -0.05) is 12.1 Å².